The molecule has 160 valence electrons. The van der Waals surface area contributed by atoms with Crippen molar-refractivity contribution in [3.63, 3.8) is 0 Å². The number of benzene rings is 3. The molecule has 8 nitrogen and oxygen atoms in total. The second-order valence-corrected chi connectivity index (χ2v) is 6.48. The standard InChI is InChI=1S/C21H16N4O4.2ClH/c22-13-7-10(2-5-17(13)26)19-20(11-3-6-18(27)14(23)8-11)25-16-9-12(21(28)29)1-4-15(16)24-19;;/h1-9,26-27H,22-23H2,(H,28,29);2*1H. The Morgan fingerprint density at radius 3 is 1.65 bits per heavy atom. The van der Waals surface area contributed by atoms with Crippen LogP contribution in [0.15, 0.2) is 54.6 Å². The lowest BCUT2D eigenvalue weighted by molar-refractivity contribution is 0.0697. The van der Waals surface area contributed by atoms with Crippen LogP contribution >= 0.6 is 24.8 Å². The van der Waals surface area contributed by atoms with E-state index in [-0.39, 0.29) is 53.3 Å². The molecule has 0 aliphatic heterocycles. The number of carbonyl (C=O) groups is 1. The summed E-state index contributed by atoms with van der Waals surface area (Å²) in [6.07, 6.45) is 0. The number of nitrogen functional groups attached to an aromatic ring is 2. The molecule has 7 N–H and O–H groups in total. The molecular weight excluding hydrogens is 443 g/mol. The first kappa shape index (κ1) is 23.5. The zero-order valence-corrected chi connectivity index (χ0v) is 17.4. The van der Waals surface area contributed by atoms with Gasteiger partial charge < -0.3 is 26.8 Å². The molecule has 0 radical (unpaired) electrons. The number of halogens is 2. The minimum atomic E-state index is -1.07. The predicted octanol–water partition coefficient (Wildman–Crippen LogP) is 4.08. The number of carboxylic acids is 1. The molecule has 3 aromatic carbocycles. The average Bonchev–Trinajstić information content (AvgIpc) is 2.70. The van der Waals surface area contributed by atoms with Crippen LogP contribution in [0.5, 0.6) is 11.5 Å². The molecule has 0 saturated carbocycles. The number of rotatable bonds is 3. The van der Waals surface area contributed by atoms with Gasteiger partial charge in [-0.15, -0.1) is 24.8 Å². The molecule has 31 heavy (non-hydrogen) atoms. The van der Waals surface area contributed by atoms with Crippen LogP contribution in [0.3, 0.4) is 0 Å². The normalized spacial score (nSPS) is 10.2. The molecule has 0 unspecified atom stereocenters. The summed E-state index contributed by atoms with van der Waals surface area (Å²) in [4.78, 5) is 20.6. The number of phenols is 2. The van der Waals surface area contributed by atoms with Crippen molar-refractivity contribution in [3.8, 4) is 34.0 Å². The lowest BCUT2D eigenvalue weighted by atomic mass is 10.0. The van der Waals surface area contributed by atoms with Crippen molar-refractivity contribution < 1.29 is 20.1 Å². The molecule has 4 rings (SSSR count). The topological polar surface area (TPSA) is 156 Å². The molecule has 4 aromatic rings. The van der Waals surface area contributed by atoms with Crippen LogP contribution in [0.25, 0.3) is 33.5 Å². The van der Waals surface area contributed by atoms with E-state index in [0.29, 0.717) is 33.5 Å². The molecule has 0 spiro atoms. The smallest absolute Gasteiger partial charge is 0.335 e. The molecule has 0 aliphatic carbocycles. The van der Waals surface area contributed by atoms with Crippen molar-refractivity contribution in [1.82, 2.24) is 9.97 Å². The van der Waals surface area contributed by atoms with Gasteiger partial charge in [0, 0.05) is 11.1 Å². The van der Waals surface area contributed by atoms with Gasteiger partial charge >= 0.3 is 5.97 Å². The minimum absolute atomic E-state index is 0. The van der Waals surface area contributed by atoms with Crippen molar-refractivity contribution in [2.24, 2.45) is 0 Å². The second kappa shape index (κ2) is 8.95. The maximum atomic E-state index is 11.3. The fourth-order valence-electron chi connectivity index (χ4n) is 2.99. The van der Waals surface area contributed by atoms with Gasteiger partial charge in [0.2, 0.25) is 0 Å². The highest BCUT2D eigenvalue weighted by molar-refractivity contribution is 5.94. The van der Waals surface area contributed by atoms with E-state index in [9.17, 15) is 20.1 Å². The molecule has 0 bridgehead atoms. The Kier molecular flexibility index (Phi) is 6.79. The lowest BCUT2D eigenvalue weighted by Gasteiger charge is -2.12. The number of carboxylic acid groups (broad SMARTS) is 1. The van der Waals surface area contributed by atoms with Gasteiger partial charge in [-0.05, 0) is 54.6 Å². The Morgan fingerprint density at radius 2 is 1.19 bits per heavy atom. The van der Waals surface area contributed by atoms with E-state index >= 15 is 0 Å². The number of phenolic OH excluding ortho intramolecular Hbond substituents is 2. The minimum Gasteiger partial charge on any atom is -0.506 e. The highest BCUT2D eigenvalue weighted by Crippen LogP contribution is 2.36. The lowest BCUT2D eigenvalue weighted by Crippen LogP contribution is -2.00. The van der Waals surface area contributed by atoms with Crippen LogP contribution < -0.4 is 11.5 Å². The SMILES string of the molecule is Cl.Cl.Nc1cc(-c2nc3ccc(C(=O)O)cc3nc2-c2ccc(O)c(N)c2)ccc1O. The number of aromatic carboxylic acids is 1. The number of hydrogen-bond acceptors (Lipinski definition) is 7. The Labute approximate surface area is 189 Å². The average molecular weight is 461 g/mol. The number of nitrogens with zero attached hydrogens (tertiary/aromatic N) is 2. The maximum absolute atomic E-state index is 11.3. The predicted molar refractivity (Wildman–Crippen MR) is 124 cm³/mol. The third-order valence-electron chi connectivity index (χ3n) is 4.51. The van der Waals surface area contributed by atoms with Crippen LogP contribution in [0.4, 0.5) is 11.4 Å². The molecule has 0 atom stereocenters. The first-order valence-electron chi connectivity index (χ1n) is 8.56. The number of aromatic hydroxyl groups is 2. The molecule has 1 heterocycles. The van der Waals surface area contributed by atoms with E-state index in [1.807, 2.05) is 0 Å². The summed E-state index contributed by atoms with van der Waals surface area (Å²) in [6, 6.07) is 13.8. The zero-order valence-electron chi connectivity index (χ0n) is 15.8. The third-order valence-corrected chi connectivity index (χ3v) is 4.51. The number of fused-ring (bicyclic) bond motifs is 1. The van der Waals surface area contributed by atoms with Gasteiger partial charge in [0.05, 0.1) is 39.4 Å². The number of hydrogen-bond donors (Lipinski definition) is 5. The summed E-state index contributed by atoms with van der Waals surface area (Å²) in [5.74, 6) is -1.19. The molecule has 0 amide bonds. The van der Waals surface area contributed by atoms with E-state index < -0.39 is 5.97 Å². The first-order chi connectivity index (χ1) is 13.8. The highest BCUT2D eigenvalue weighted by Gasteiger charge is 2.16. The Balaban J connectivity index is 0.00000171. The summed E-state index contributed by atoms with van der Waals surface area (Å²) < 4.78 is 0. The summed E-state index contributed by atoms with van der Waals surface area (Å²) in [7, 11) is 0. The van der Waals surface area contributed by atoms with Crippen molar-refractivity contribution in [1.29, 1.82) is 0 Å². The van der Waals surface area contributed by atoms with Crippen LogP contribution in [0.1, 0.15) is 10.4 Å². The molecule has 0 saturated heterocycles. The van der Waals surface area contributed by atoms with Crippen LogP contribution in [0.2, 0.25) is 0 Å². The van der Waals surface area contributed by atoms with Gasteiger partial charge in [0.25, 0.3) is 0 Å². The Morgan fingerprint density at radius 1 is 0.710 bits per heavy atom. The Hall–Kier alpha value is -3.75. The Bertz CT molecular complexity index is 1300. The van der Waals surface area contributed by atoms with E-state index in [1.54, 1.807) is 30.3 Å². The van der Waals surface area contributed by atoms with Crippen molar-refractivity contribution in [3.05, 3.63) is 60.2 Å². The fourth-order valence-corrected chi connectivity index (χ4v) is 2.99. The van der Waals surface area contributed by atoms with E-state index in [2.05, 4.69) is 9.97 Å². The second-order valence-electron chi connectivity index (χ2n) is 6.48. The van der Waals surface area contributed by atoms with E-state index in [4.69, 9.17) is 11.5 Å². The first-order valence-corrected chi connectivity index (χ1v) is 8.56. The number of nitrogens with two attached hydrogens (primary N) is 2. The molecular formula is C21H18Cl2N4O4. The van der Waals surface area contributed by atoms with E-state index in [1.165, 1.54) is 24.3 Å². The maximum Gasteiger partial charge on any atom is 0.335 e. The van der Waals surface area contributed by atoms with Crippen molar-refractivity contribution >= 4 is 53.2 Å². The largest absolute Gasteiger partial charge is 0.506 e. The van der Waals surface area contributed by atoms with Crippen molar-refractivity contribution in [2.75, 3.05) is 11.5 Å². The summed E-state index contributed by atoms with van der Waals surface area (Å²) in [5.41, 5.74) is 15.1. The zero-order chi connectivity index (χ0) is 20.7. The highest BCUT2D eigenvalue weighted by atomic mass is 35.5. The van der Waals surface area contributed by atoms with E-state index in [0.717, 1.165) is 0 Å². The number of anilines is 2. The van der Waals surface area contributed by atoms with Gasteiger partial charge in [-0.3, -0.25) is 0 Å². The van der Waals surface area contributed by atoms with Crippen molar-refractivity contribution in [2.45, 2.75) is 0 Å². The summed E-state index contributed by atoms with van der Waals surface area (Å²) in [6.45, 7) is 0. The summed E-state index contributed by atoms with van der Waals surface area (Å²) in [5, 5.41) is 28.7. The third kappa shape index (κ3) is 4.40. The molecule has 0 aliphatic rings. The van der Waals surface area contributed by atoms with Crippen LogP contribution in [-0.4, -0.2) is 31.3 Å². The molecule has 0 fully saturated rings. The fraction of sp³-hybridized carbons (Fsp3) is 0. The molecule has 10 heteroatoms. The van der Waals surface area contributed by atoms with Gasteiger partial charge in [-0.1, -0.05) is 0 Å². The van der Waals surface area contributed by atoms with Crippen LogP contribution in [0, 0.1) is 0 Å². The monoisotopic (exact) mass is 460 g/mol. The van der Waals surface area contributed by atoms with Crippen LogP contribution in [-0.2, 0) is 0 Å². The van der Waals surface area contributed by atoms with Gasteiger partial charge in [-0.2, -0.15) is 0 Å². The van der Waals surface area contributed by atoms with Gasteiger partial charge in [0.1, 0.15) is 11.5 Å². The molecule has 1 aromatic heterocycles. The number of aromatic nitrogens is 2. The summed E-state index contributed by atoms with van der Waals surface area (Å²) >= 11 is 0. The quantitative estimate of drug-likeness (QED) is 0.226. The van der Waals surface area contributed by atoms with Gasteiger partial charge in [0.15, 0.2) is 0 Å². The van der Waals surface area contributed by atoms with Gasteiger partial charge in [-0.25, -0.2) is 14.8 Å².